The fourth-order valence-electron chi connectivity index (χ4n) is 1.09. The Morgan fingerprint density at radius 3 is 1.69 bits per heavy atom. The summed E-state index contributed by atoms with van der Waals surface area (Å²) in [5.74, 6) is 0. The second-order valence-electron chi connectivity index (χ2n) is 3.63. The van der Waals surface area contributed by atoms with Crippen molar-refractivity contribution in [3.8, 4) is 0 Å². The summed E-state index contributed by atoms with van der Waals surface area (Å²) in [5, 5.41) is 0. The molecule has 0 N–H and O–H groups in total. The fourth-order valence-corrected chi connectivity index (χ4v) is 1.09. The highest BCUT2D eigenvalue weighted by Crippen LogP contribution is 2.11. The number of nitrogens with zero attached hydrogens (tertiary/aromatic N) is 1. The zero-order valence-electron chi connectivity index (χ0n) is 9.17. The predicted molar refractivity (Wildman–Crippen MR) is 53.7 cm³/mol. The molecule has 0 saturated carbocycles. The quantitative estimate of drug-likeness (QED) is 0.595. The molecule has 0 saturated heterocycles. The van der Waals surface area contributed by atoms with Crippen molar-refractivity contribution in [2.45, 2.75) is 19.4 Å². The number of hydrogen-bond acceptors (Lipinski definition) is 3. The van der Waals surface area contributed by atoms with Crippen molar-refractivity contribution < 1.29 is 9.47 Å². The standard InChI is InChI=1S/C10H21NO2/c1-10(2,3)11(6-8-12-4)7-9-13-5/h1H,6-9H2,2-5H3. The largest absolute Gasteiger partial charge is 0.383 e. The van der Waals surface area contributed by atoms with Gasteiger partial charge in [0.1, 0.15) is 0 Å². The van der Waals surface area contributed by atoms with E-state index in [0.717, 1.165) is 13.1 Å². The normalized spacial score (nSPS) is 12.5. The lowest BCUT2D eigenvalue weighted by Crippen LogP contribution is -2.45. The third-order valence-electron chi connectivity index (χ3n) is 1.95. The van der Waals surface area contributed by atoms with Crippen LogP contribution in [0.4, 0.5) is 0 Å². The van der Waals surface area contributed by atoms with Crippen molar-refractivity contribution >= 4 is 0 Å². The summed E-state index contributed by atoms with van der Waals surface area (Å²) in [6, 6.07) is 0. The molecule has 0 aromatic heterocycles. The molecule has 3 nitrogen and oxygen atoms in total. The lowest BCUT2D eigenvalue weighted by atomic mass is 10.1. The van der Waals surface area contributed by atoms with Crippen LogP contribution in [-0.4, -0.2) is 51.0 Å². The molecule has 0 rings (SSSR count). The van der Waals surface area contributed by atoms with Gasteiger partial charge in [0.05, 0.1) is 13.2 Å². The summed E-state index contributed by atoms with van der Waals surface area (Å²) in [6.45, 7) is 13.0. The lowest BCUT2D eigenvalue weighted by molar-refractivity contribution is 0.0706. The van der Waals surface area contributed by atoms with E-state index in [-0.39, 0.29) is 5.54 Å². The maximum Gasteiger partial charge on any atom is 0.0589 e. The maximum absolute atomic E-state index is 5.98. The van der Waals surface area contributed by atoms with Crippen LogP contribution in [0.2, 0.25) is 0 Å². The van der Waals surface area contributed by atoms with E-state index in [0.29, 0.717) is 13.2 Å². The third kappa shape index (κ3) is 6.02. The smallest absolute Gasteiger partial charge is 0.0589 e. The lowest BCUT2D eigenvalue weighted by Gasteiger charge is -2.34. The van der Waals surface area contributed by atoms with Crippen LogP contribution in [-0.2, 0) is 9.47 Å². The van der Waals surface area contributed by atoms with Gasteiger partial charge in [0.2, 0.25) is 0 Å². The summed E-state index contributed by atoms with van der Waals surface area (Å²) in [4.78, 5) is 2.14. The van der Waals surface area contributed by atoms with E-state index >= 15 is 0 Å². The monoisotopic (exact) mass is 187 g/mol. The van der Waals surface area contributed by atoms with Gasteiger partial charge in [0.15, 0.2) is 0 Å². The number of hydrogen-bond donors (Lipinski definition) is 0. The van der Waals surface area contributed by atoms with Gasteiger partial charge < -0.3 is 9.47 Å². The average molecular weight is 187 g/mol. The molecule has 0 aliphatic rings. The van der Waals surface area contributed by atoms with Crippen molar-refractivity contribution in [3.05, 3.63) is 6.92 Å². The Morgan fingerprint density at radius 1 is 1.08 bits per heavy atom. The Morgan fingerprint density at radius 2 is 1.46 bits per heavy atom. The molecule has 0 unspecified atom stereocenters. The van der Waals surface area contributed by atoms with Gasteiger partial charge in [0.25, 0.3) is 0 Å². The zero-order valence-corrected chi connectivity index (χ0v) is 9.17. The van der Waals surface area contributed by atoms with Gasteiger partial charge in [0, 0.05) is 32.8 Å². The van der Waals surface area contributed by atoms with E-state index in [1.165, 1.54) is 0 Å². The Balaban J connectivity index is 3.88. The SMILES string of the molecule is [CH]C(C)(C)N(CCOC)CCOC. The van der Waals surface area contributed by atoms with Gasteiger partial charge in [-0.05, 0) is 20.8 Å². The second-order valence-corrected chi connectivity index (χ2v) is 3.63. The molecule has 0 aliphatic heterocycles. The molecule has 78 valence electrons. The molecule has 0 heterocycles. The summed E-state index contributed by atoms with van der Waals surface area (Å²) in [7, 11) is 3.38. The van der Waals surface area contributed by atoms with Crippen LogP contribution < -0.4 is 0 Å². The zero-order chi connectivity index (χ0) is 10.3. The van der Waals surface area contributed by atoms with Crippen LogP contribution in [0.1, 0.15) is 13.8 Å². The topological polar surface area (TPSA) is 21.7 Å². The Bertz CT molecular complexity index is 113. The van der Waals surface area contributed by atoms with E-state index in [1.54, 1.807) is 14.2 Å². The Hall–Kier alpha value is -0.120. The van der Waals surface area contributed by atoms with E-state index in [2.05, 4.69) is 4.90 Å². The van der Waals surface area contributed by atoms with Crippen LogP contribution in [0, 0.1) is 6.92 Å². The number of methoxy groups -OCH3 is 2. The maximum atomic E-state index is 5.98. The second kappa shape index (κ2) is 6.35. The van der Waals surface area contributed by atoms with Crippen LogP contribution in [0.3, 0.4) is 0 Å². The first-order valence-corrected chi connectivity index (χ1v) is 4.54. The van der Waals surface area contributed by atoms with E-state index in [1.807, 2.05) is 13.8 Å². The molecule has 0 amide bonds. The first-order chi connectivity index (χ1) is 6.02. The first-order valence-electron chi connectivity index (χ1n) is 4.54. The van der Waals surface area contributed by atoms with E-state index in [4.69, 9.17) is 16.4 Å². The Kier molecular flexibility index (Phi) is 6.29. The van der Waals surface area contributed by atoms with Crippen molar-refractivity contribution in [1.29, 1.82) is 0 Å². The van der Waals surface area contributed by atoms with Crippen molar-refractivity contribution in [2.75, 3.05) is 40.5 Å². The van der Waals surface area contributed by atoms with E-state index < -0.39 is 0 Å². The summed E-state index contributed by atoms with van der Waals surface area (Å²) >= 11 is 0. The van der Waals surface area contributed by atoms with Gasteiger partial charge in [-0.3, -0.25) is 4.90 Å². The molecule has 0 aromatic carbocycles. The molecular formula is C10H21NO2. The highest BCUT2D eigenvalue weighted by atomic mass is 16.5. The molecule has 0 aliphatic carbocycles. The van der Waals surface area contributed by atoms with Gasteiger partial charge >= 0.3 is 0 Å². The molecule has 2 radical (unpaired) electrons. The van der Waals surface area contributed by atoms with Crippen LogP contribution in [0.25, 0.3) is 0 Å². The highest BCUT2D eigenvalue weighted by molar-refractivity contribution is 4.83. The minimum absolute atomic E-state index is 0.308. The molecule has 3 heteroatoms. The van der Waals surface area contributed by atoms with Crippen LogP contribution in [0.15, 0.2) is 0 Å². The van der Waals surface area contributed by atoms with Crippen molar-refractivity contribution in [1.82, 2.24) is 4.90 Å². The van der Waals surface area contributed by atoms with Crippen molar-refractivity contribution in [3.63, 3.8) is 0 Å². The molecule has 13 heavy (non-hydrogen) atoms. The highest BCUT2D eigenvalue weighted by Gasteiger charge is 2.20. The fraction of sp³-hybridized carbons (Fsp3) is 0.900. The number of rotatable bonds is 7. The minimum atomic E-state index is -0.308. The molecule has 0 fully saturated rings. The minimum Gasteiger partial charge on any atom is -0.383 e. The van der Waals surface area contributed by atoms with Gasteiger partial charge in [-0.15, -0.1) is 0 Å². The van der Waals surface area contributed by atoms with Gasteiger partial charge in [-0.1, -0.05) is 0 Å². The number of ether oxygens (including phenoxy) is 2. The molecule has 0 bridgehead atoms. The average Bonchev–Trinajstić information content (AvgIpc) is 2.02. The summed E-state index contributed by atoms with van der Waals surface area (Å²) in [6.07, 6.45) is 0. The predicted octanol–water partition coefficient (Wildman–Crippen LogP) is 1.07. The first kappa shape index (κ1) is 12.9. The van der Waals surface area contributed by atoms with Crippen molar-refractivity contribution in [2.24, 2.45) is 0 Å². The molecule has 0 spiro atoms. The Labute approximate surface area is 82.0 Å². The molecular weight excluding hydrogens is 166 g/mol. The summed E-state index contributed by atoms with van der Waals surface area (Å²) < 4.78 is 10.0. The van der Waals surface area contributed by atoms with Gasteiger partial charge in [-0.2, -0.15) is 0 Å². The van der Waals surface area contributed by atoms with Crippen LogP contribution in [0.5, 0.6) is 0 Å². The molecule has 0 atom stereocenters. The third-order valence-corrected chi connectivity index (χ3v) is 1.95. The summed E-state index contributed by atoms with van der Waals surface area (Å²) in [5.41, 5.74) is -0.308. The molecule has 0 aromatic rings. The van der Waals surface area contributed by atoms with Gasteiger partial charge in [-0.25, -0.2) is 0 Å². The van der Waals surface area contributed by atoms with E-state index in [9.17, 15) is 0 Å². The van der Waals surface area contributed by atoms with Crippen LogP contribution >= 0.6 is 0 Å².